The number of aryl methyl sites for hydroxylation is 1. The Kier molecular flexibility index (Phi) is 4.30. The second kappa shape index (κ2) is 5.99. The van der Waals surface area contributed by atoms with Gasteiger partial charge in [0.2, 0.25) is 0 Å². The molecule has 0 aliphatic heterocycles. The van der Waals surface area contributed by atoms with E-state index in [0.717, 1.165) is 5.56 Å². The number of nitrogens with one attached hydrogen (secondary N) is 2. The molecule has 1 aromatic heterocycles. The number of rotatable bonds is 4. The van der Waals surface area contributed by atoms with Crippen LogP contribution < -0.4 is 11.2 Å². The highest BCUT2D eigenvalue weighted by molar-refractivity contribution is 5.20. The minimum atomic E-state index is -4.75. The monoisotopic (exact) mass is 298 g/mol. The summed E-state index contributed by atoms with van der Waals surface area (Å²) in [6, 6.07) is 9.24. The van der Waals surface area contributed by atoms with Gasteiger partial charge in [-0.05, 0) is 24.8 Å². The van der Waals surface area contributed by atoms with Gasteiger partial charge in [0.1, 0.15) is 5.69 Å². The summed E-state index contributed by atoms with van der Waals surface area (Å²) < 4.78 is 38.5. The Bertz CT molecular complexity index is 717. The van der Waals surface area contributed by atoms with Crippen molar-refractivity contribution in [2.75, 3.05) is 0 Å². The van der Waals surface area contributed by atoms with Gasteiger partial charge in [0.15, 0.2) is 0 Å². The maximum atomic E-state index is 12.8. The molecule has 0 saturated heterocycles. The Hall–Kier alpha value is -2.31. The van der Waals surface area contributed by atoms with Crippen LogP contribution in [0, 0.1) is 0 Å². The predicted octanol–water partition coefficient (Wildman–Crippen LogP) is 2.26. The van der Waals surface area contributed by atoms with E-state index in [1.807, 2.05) is 35.3 Å². The zero-order valence-electron chi connectivity index (χ0n) is 11.0. The van der Waals surface area contributed by atoms with Crippen molar-refractivity contribution in [3.63, 3.8) is 0 Å². The zero-order valence-corrected chi connectivity index (χ0v) is 11.0. The molecule has 0 radical (unpaired) electrons. The molecule has 1 heterocycles. The Morgan fingerprint density at radius 2 is 1.62 bits per heavy atom. The summed E-state index contributed by atoms with van der Waals surface area (Å²) >= 11 is 0. The molecule has 0 spiro atoms. The fourth-order valence-electron chi connectivity index (χ4n) is 2.11. The third-order valence-corrected chi connectivity index (χ3v) is 3.06. The minimum absolute atomic E-state index is 0.0597. The van der Waals surface area contributed by atoms with Gasteiger partial charge in [-0.2, -0.15) is 13.2 Å². The van der Waals surface area contributed by atoms with Crippen molar-refractivity contribution in [3.05, 3.63) is 68.0 Å². The molecule has 0 fully saturated rings. The lowest BCUT2D eigenvalue weighted by Crippen LogP contribution is -2.31. The summed E-state index contributed by atoms with van der Waals surface area (Å²) in [7, 11) is 0. The first-order valence-corrected chi connectivity index (χ1v) is 6.34. The Labute approximate surface area is 117 Å². The average molecular weight is 298 g/mol. The van der Waals surface area contributed by atoms with Crippen LogP contribution in [0.3, 0.4) is 0 Å². The van der Waals surface area contributed by atoms with Crippen molar-refractivity contribution >= 4 is 0 Å². The number of alkyl halides is 3. The van der Waals surface area contributed by atoms with Gasteiger partial charge in [0, 0.05) is 5.56 Å². The van der Waals surface area contributed by atoms with Gasteiger partial charge < -0.3 is 4.98 Å². The lowest BCUT2D eigenvalue weighted by molar-refractivity contribution is -0.142. The van der Waals surface area contributed by atoms with Crippen LogP contribution in [-0.2, 0) is 19.0 Å². The van der Waals surface area contributed by atoms with Gasteiger partial charge in [-0.15, -0.1) is 0 Å². The lowest BCUT2D eigenvalue weighted by atomic mass is 10.0. The largest absolute Gasteiger partial charge is 0.431 e. The third-order valence-electron chi connectivity index (χ3n) is 3.06. The molecule has 7 heteroatoms. The summed E-state index contributed by atoms with van der Waals surface area (Å²) in [5, 5.41) is 0. The number of hydrogen-bond acceptors (Lipinski definition) is 2. The van der Waals surface area contributed by atoms with Gasteiger partial charge in [-0.1, -0.05) is 30.3 Å². The molecule has 112 valence electrons. The molecular formula is C14H13F3N2O2. The van der Waals surface area contributed by atoms with Crippen LogP contribution in [-0.4, -0.2) is 9.97 Å². The molecule has 2 N–H and O–H groups in total. The molecule has 1 aromatic carbocycles. The van der Waals surface area contributed by atoms with Crippen LogP contribution in [0.25, 0.3) is 0 Å². The van der Waals surface area contributed by atoms with Crippen molar-refractivity contribution in [3.8, 4) is 0 Å². The molecule has 2 rings (SSSR count). The van der Waals surface area contributed by atoms with Gasteiger partial charge in [0.05, 0.1) is 0 Å². The summed E-state index contributed by atoms with van der Waals surface area (Å²) in [6.07, 6.45) is -3.88. The number of aromatic amines is 2. The maximum Gasteiger partial charge on any atom is 0.431 e. The van der Waals surface area contributed by atoms with E-state index in [0.29, 0.717) is 12.8 Å². The van der Waals surface area contributed by atoms with E-state index < -0.39 is 28.7 Å². The lowest BCUT2D eigenvalue weighted by Gasteiger charge is -2.11. The number of aromatic nitrogens is 2. The molecule has 0 atom stereocenters. The van der Waals surface area contributed by atoms with Gasteiger partial charge in [-0.3, -0.25) is 9.78 Å². The topological polar surface area (TPSA) is 65.7 Å². The molecule has 2 aromatic rings. The molecule has 0 amide bonds. The van der Waals surface area contributed by atoms with E-state index in [4.69, 9.17) is 0 Å². The average Bonchev–Trinajstić information content (AvgIpc) is 2.41. The SMILES string of the molecule is O=c1[nH]c(C(F)(F)F)c(CCCc2ccccc2)c(=O)[nH]1. The molecular weight excluding hydrogens is 285 g/mol. The smallest absolute Gasteiger partial charge is 0.303 e. The van der Waals surface area contributed by atoms with Crippen LogP contribution in [0.5, 0.6) is 0 Å². The summed E-state index contributed by atoms with van der Waals surface area (Å²) in [6.45, 7) is 0. The van der Waals surface area contributed by atoms with Crippen LogP contribution >= 0.6 is 0 Å². The first kappa shape index (κ1) is 15.1. The molecule has 0 saturated carbocycles. The van der Waals surface area contributed by atoms with E-state index in [1.165, 1.54) is 0 Å². The fourth-order valence-corrected chi connectivity index (χ4v) is 2.11. The molecule has 21 heavy (non-hydrogen) atoms. The molecule has 0 aliphatic rings. The van der Waals surface area contributed by atoms with Crippen molar-refractivity contribution in [1.82, 2.24) is 9.97 Å². The maximum absolute atomic E-state index is 12.8. The number of benzene rings is 1. The number of hydrogen-bond donors (Lipinski definition) is 2. The molecule has 0 unspecified atom stereocenters. The highest BCUT2D eigenvalue weighted by atomic mass is 19.4. The van der Waals surface area contributed by atoms with E-state index in [2.05, 4.69) is 0 Å². The van der Waals surface area contributed by atoms with Crippen LogP contribution in [0.2, 0.25) is 0 Å². The van der Waals surface area contributed by atoms with Crippen molar-refractivity contribution in [2.24, 2.45) is 0 Å². The number of H-pyrrole nitrogens is 2. The first-order valence-electron chi connectivity index (χ1n) is 6.34. The second-order valence-corrected chi connectivity index (χ2v) is 4.60. The molecule has 0 bridgehead atoms. The summed E-state index contributed by atoms with van der Waals surface area (Å²) in [5.74, 6) is 0. The minimum Gasteiger partial charge on any atom is -0.303 e. The predicted molar refractivity (Wildman–Crippen MR) is 71.2 cm³/mol. The quantitative estimate of drug-likeness (QED) is 0.909. The number of halogens is 3. The second-order valence-electron chi connectivity index (χ2n) is 4.60. The highest BCUT2D eigenvalue weighted by Crippen LogP contribution is 2.28. The molecule has 4 nitrogen and oxygen atoms in total. The van der Waals surface area contributed by atoms with E-state index >= 15 is 0 Å². The van der Waals surface area contributed by atoms with E-state index in [-0.39, 0.29) is 6.42 Å². The standard InChI is InChI=1S/C14H13F3N2O2/c15-14(16,17)11-10(12(20)19-13(21)18-11)8-4-7-9-5-2-1-3-6-9/h1-3,5-6H,4,7-8H2,(H2,18,19,20,21). The summed E-state index contributed by atoms with van der Waals surface area (Å²) in [4.78, 5) is 26.1. The van der Waals surface area contributed by atoms with Crippen molar-refractivity contribution < 1.29 is 13.2 Å². The third kappa shape index (κ3) is 3.84. The summed E-state index contributed by atoms with van der Waals surface area (Å²) in [5.41, 5.74) is -2.85. The molecule has 0 aliphatic carbocycles. The highest BCUT2D eigenvalue weighted by Gasteiger charge is 2.35. The van der Waals surface area contributed by atoms with E-state index in [9.17, 15) is 22.8 Å². The zero-order chi connectivity index (χ0) is 15.5. The van der Waals surface area contributed by atoms with Crippen LogP contribution in [0.1, 0.15) is 23.2 Å². The van der Waals surface area contributed by atoms with Crippen molar-refractivity contribution in [2.45, 2.75) is 25.4 Å². The van der Waals surface area contributed by atoms with Gasteiger partial charge in [-0.25, -0.2) is 4.79 Å². The first-order chi connectivity index (χ1) is 9.88. The van der Waals surface area contributed by atoms with Crippen LogP contribution in [0.4, 0.5) is 13.2 Å². The van der Waals surface area contributed by atoms with Crippen LogP contribution in [0.15, 0.2) is 39.9 Å². The Balaban J connectivity index is 2.20. The normalized spacial score (nSPS) is 11.6. The Morgan fingerprint density at radius 3 is 2.24 bits per heavy atom. The van der Waals surface area contributed by atoms with Gasteiger partial charge in [0.25, 0.3) is 5.56 Å². The Morgan fingerprint density at radius 1 is 0.952 bits per heavy atom. The van der Waals surface area contributed by atoms with Crippen molar-refractivity contribution in [1.29, 1.82) is 0 Å². The fraction of sp³-hybridized carbons (Fsp3) is 0.286. The van der Waals surface area contributed by atoms with E-state index in [1.54, 1.807) is 4.98 Å². The van der Waals surface area contributed by atoms with Gasteiger partial charge >= 0.3 is 11.9 Å².